The molecule has 0 bridgehead atoms. The molecular weight excluding hydrogens is 270 g/mol. The van der Waals surface area contributed by atoms with E-state index in [1.165, 1.54) is 0 Å². The molecule has 0 saturated heterocycles. The van der Waals surface area contributed by atoms with E-state index >= 15 is 0 Å². The molecule has 0 aromatic carbocycles. The lowest BCUT2D eigenvalue weighted by atomic mass is 9.97. The number of nitrogens with one attached hydrogen (secondary N) is 2. The summed E-state index contributed by atoms with van der Waals surface area (Å²) in [5, 5.41) is 6.05. The lowest BCUT2D eigenvalue weighted by Gasteiger charge is -2.29. The number of hydrogen-bond acceptors (Lipinski definition) is 3. The number of halogens is 1. The Morgan fingerprint density at radius 1 is 1.62 bits per heavy atom. The van der Waals surface area contributed by atoms with E-state index in [0.717, 1.165) is 22.4 Å². The molecule has 2 atom stereocenters. The van der Waals surface area contributed by atoms with Gasteiger partial charge in [-0.1, -0.05) is 20.3 Å². The highest BCUT2D eigenvalue weighted by atomic mass is 79.9. The van der Waals surface area contributed by atoms with Gasteiger partial charge < -0.3 is 10.6 Å². The SMILES string of the molecule is CCC(C)C1Nc2ncc(Br)cc2NC1=O. The van der Waals surface area contributed by atoms with E-state index in [1.807, 2.05) is 6.07 Å². The van der Waals surface area contributed by atoms with E-state index in [2.05, 4.69) is 45.4 Å². The second-order valence-electron chi connectivity index (χ2n) is 4.05. The van der Waals surface area contributed by atoms with Gasteiger partial charge in [0.25, 0.3) is 0 Å². The lowest BCUT2D eigenvalue weighted by molar-refractivity contribution is -0.118. The van der Waals surface area contributed by atoms with Crippen LogP contribution in [0.3, 0.4) is 0 Å². The fourth-order valence-electron chi connectivity index (χ4n) is 1.71. The van der Waals surface area contributed by atoms with Crippen molar-refractivity contribution in [3.8, 4) is 0 Å². The maximum Gasteiger partial charge on any atom is 0.247 e. The van der Waals surface area contributed by atoms with Crippen molar-refractivity contribution < 1.29 is 4.79 Å². The summed E-state index contributed by atoms with van der Waals surface area (Å²) in [6, 6.07) is 1.66. The molecule has 1 aliphatic rings. The van der Waals surface area contributed by atoms with Crippen LogP contribution in [0.5, 0.6) is 0 Å². The Morgan fingerprint density at radius 2 is 2.38 bits per heavy atom. The predicted octanol–water partition coefficient (Wildman–Crippen LogP) is 2.62. The van der Waals surface area contributed by atoms with E-state index in [-0.39, 0.29) is 11.9 Å². The maximum absolute atomic E-state index is 11.9. The molecule has 2 N–H and O–H groups in total. The molecule has 2 rings (SSSR count). The molecule has 2 heterocycles. The minimum absolute atomic E-state index is 0.0155. The van der Waals surface area contributed by atoms with Crippen molar-refractivity contribution in [2.45, 2.75) is 26.3 Å². The molecule has 16 heavy (non-hydrogen) atoms. The summed E-state index contributed by atoms with van der Waals surface area (Å²) in [6.07, 6.45) is 2.67. The van der Waals surface area contributed by atoms with Crippen LogP contribution in [0.1, 0.15) is 20.3 Å². The van der Waals surface area contributed by atoms with Gasteiger partial charge in [0, 0.05) is 10.7 Å². The molecule has 0 saturated carbocycles. The molecule has 0 aliphatic carbocycles. The second-order valence-corrected chi connectivity index (χ2v) is 4.96. The molecule has 1 aliphatic heterocycles. The summed E-state index contributed by atoms with van der Waals surface area (Å²) in [5.41, 5.74) is 0.735. The molecule has 0 spiro atoms. The Kier molecular flexibility index (Phi) is 3.14. The highest BCUT2D eigenvalue weighted by Crippen LogP contribution is 2.29. The molecule has 5 heteroatoms. The van der Waals surface area contributed by atoms with Gasteiger partial charge in [-0.25, -0.2) is 4.98 Å². The number of carbonyl (C=O) groups excluding carboxylic acids is 1. The Labute approximate surface area is 103 Å². The third-order valence-corrected chi connectivity index (χ3v) is 3.33. The summed E-state index contributed by atoms with van der Waals surface area (Å²) in [7, 11) is 0. The summed E-state index contributed by atoms with van der Waals surface area (Å²) < 4.78 is 0.857. The van der Waals surface area contributed by atoms with Gasteiger partial charge in [0.2, 0.25) is 5.91 Å². The largest absolute Gasteiger partial charge is 0.356 e. The highest BCUT2D eigenvalue weighted by molar-refractivity contribution is 9.10. The molecule has 86 valence electrons. The van der Waals surface area contributed by atoms with Crippen molar-refractivity contribution in [3.63, 3.8) is 0 Å². The first kappa shape index (κ1) is 11.4. The van der Waals surface area contributed by atoms with Crippen LogP contribution in [0, 0.1) is 5.92 Å². The van der Waals surface area contributed by atoms with Crippen molar-refractivity contribution in [1.29, 1.82) is 0 Å². The third kappa shape index (κ3) is 2.04. The zero-order valence-electron chi connectivity index (χ0n) is 9.25. The molecule has 1 amide bonds. The van der Waals surface area contributed by atoms with Gasteiger partial charge in [0.05, 0.1) is 5.69 Å². The zero-order chi connectivity index (χ0) is 11.7. The van der Waals surface area contributed by atoms with Crippen LogP contribution < -0.4 is 10.6 Å². The fraction of sp³-hybridized carbons (Fsp3) is 0.455. The lowest BCUT2D eigenvalue weighted by Crippen LogP contribution is -2.43. The van der Waals surface area contributed by atoms with Crippen molar-refractivity contribution >= 4 is 33.3 Å². The number of aromatic nitrogens is 1. The molecule has 2 unspecified atom stereocenters. The minimum Gasteiger partial charge on any atom is -0.356 e. The van der Waals surface area contributed by atoms with E-state index in [4.69, 9.17) is 0 Å². The van der Waals surface area contributed by atoms with Crippen LogP contribution in [-0.2, 0) is 4.79 Å². The summed E-state index contributed by atoms with van der Waals surface area (Å²) in [5.74, 6) is 1.05. The van der Waals surface area contributed by atoms with Gasteiger partial charge >= 0.3 is 0 Å². The molecule has 0 fully saturated rings. The van der Waals surface area contributed by atoms with E-state index in [9.17, 15) is 4.79 Å². The molecule has 4 nitrogen and oxygen atoms in total. The number of pyridine rings is 1. The number of hydrogen-bond donors (Lipinski definition) is 2. The molecule has 0 radical (unpaired) electrons. The monoisotopic (exact) mass is 283 g/mol. The quantitative estimate of drug-likeness (QED) is 0.877. The first-order valence-corrected chi connectivity index (χ1v) is 6.14. The van der Waals surface area contributed by atoms with E-state index < -0.39 is 0 Å². The van der Waals surface area contributed by atoms with Crippen molar-refractivity contribution in [2.75, 3.05) is 10.6 Å². The molecular formula is C11H14BrN3O. The number of rotatable bonds is 2. The second kappa shape index (κ2) is 4.41. The number of carbonyl (C=O) groups is 1. The Bertz CT molecular complexity index is 422. The Morgan fingerprint density at radius 3 is 3.06 bits per heavy atom. The van der Waals surface area contributed by atoms with E-state index in [1.54, 1.807) is 6.20 Å². The van der Waals surface area contributed by atoms with Gasteiger partial charge in [-0.3, -0.25) is 4.79 Å². The zero-order valence-corrected chi connectivity index (χ0v) is 10.8. The van der Waals surface area contributed by atoms with Crippen LogP contribution >= 0.6 is 15.9 Å². The van der Waals surface area contributed by atoms with Crippen LogP contribution in [0.25, 0.3) is 0 Å². The topological polar surface area (TPSA) is 54.0 Å². The first-order chi connectivity index (χ1) is 7.61. The third-order valence-electron chi connectivity index (χ3n) is 2.90. The molecule has 1 aromatic rings. The summed E-state index contributed by atoms with van der Waals surface area (Å²) >= 11 is 3.33. The van der Waals surface area contributed by atoms with Crippen LogP contribution in [0.4, 0.5) is 11.5 Å². The first-order valence-electron chi connectivity index (χ1n) is 5.34. The summed E-state index contributed by atoms with van der Waals surface area (Å²) in [4.78, 5) is 16.1. The maximum atomic E-state index is 11.9. The van der Waals surface area contributed by atoms with Gasteiger partial charge in [-0.2, -0.15) is 0 Å². The van der Waals surface area contributed by atoms with E-state index in [0.29, 0.717) is 5.92 Å². The van der Waals surface area contributed by atoms with Crippen molar-refractivity contribution in [1.82, 2.24) is 4.98 Å². The van der Waals surface area contributed by atoms with Crippen LogP contribution in [0.15, 0.2) is 16.7 Å². The number of amides is 1. The van der Waals surface area contributed by atoms with Crippen molar-refractivity contribution in [2.24, 2.45) is 5.92 Å². The Balaban J connectivity index is 2.28. The number of fused-ring (bicyclic) bond motifs is 1. The normalized spacial score (nSPS) is 20.7. The van der Waals surface area contributed by atoms with Gasteiger partial charge in [0.15, 0.2) is 5.82 Å². The van der Waals surface area contributed by atoms with Crippen molar-refractivity contribution in [3.05, 3.63) is 16.7 Å². The highest BCUT2D eigenvalue weighted by Gasteiger charge is 2.29. The number of nitrogens with zero attached hydrogens (tertiary/aromatic N) is 1. The molecule has 1 aromatic heterocycles. The van der Waals surface area contributed by atoms with Crippen LogP contribution in [-0.4, -0.2) is 16.9 Å². The summed E-state index contributed by atoms with van der Waals surface area (Å²) in [6.45, 7) is 4.13. The fourth-order valence-corrected chi connectivity index (χ4v) is 2.04. The van der Waals surface area contributed by atoms with Gasteiger partial charge in [0.1, 0.15) is 6.04 Å². The van der Waals surface area contributed by atoms with Gasteiger partial charge in [-0.05, 0) is 27.9 Å². The smallest absolute Gasteiger partial charge is 0.247 e. The average molecular weight is 284 g/mol. The predicted molar refractivity (Wildman–Crippen MR) is 67.4 cm³/mol. The minimum atomic E-state index is -0.189. The number of anilines is 2. The average Bonchev–Trinajstić information content (AvgIpc) is 2.27. The standard InChI is InChI=1S/C11H14BrN3O/c1-3-6(2)9-11(16)14-8-4-7(12)5-13-10(8)15-9/h4-6,9H,3H2,1-2H3,(H,13,15)(H,14,16). The van der Waals surface area contributed by atoms with Gasteiger partial charge in [-0.15, -0.1) is 0 Å². The van der Waals surface area contributed by atoms with Crippen LogP contribution in [0.2, 0.25) is 0 Å². The Hall–Kier alpha value is -1.10.